The summed E-state index contributed by atoms with van der Waals surface area (Å²) in [7, 11) is 0. The molecule has 2 N–H and O–H groups in total. The number of amidine groups is 1. The number of hydrogen-bond acceptors (Lipinski definition) is 1. The number of nitrogens with zero attached hydrogens (tertiary/aromatic N) is 1. The van der Waals surface area contributed by atoms with Gasteiger partial charge in [0.1, 0.15) is 11.7 Å². The van der Waals surface area contributed by atoms with Crippen molar-refractivity contribution in [1.82, 2.24) is 0 Å². The summed E-state index contributed by atoms with van der Waals surface area (Å²) < 4.78 is 13.1. The topological polar surface area (TPSA) is 38.4 Å². The third kappa shape index (κ3) is 2.40. The van der Waals surface area contributed by atoms with Crippen molar-refractivity contribution in [3.63, 3.8) is 0 Å². The Labute approximate surface area is 95.4 Å². The Hall–Kier alpha value is -1.38. The molecule has 1 aliphatic carbocycles. The zero-order chi connectivity index (χ0) is 11.5. The van der Waals surface area contributed by atoms with Crippen molar-refractivity contribution in [2.75, 3.05) is 0 Å². The molecule has 0 spiro atoms. The molecule has 2 rings (SSSR count). The third-order valence-electron chi connectivity index (χ3n) is 3.17. The lowest BCUT2D eigenvalue weighted by molar-refractivity contribution is 0.618. The summed E-state index contributed by atoms with van der Waals surface area (Å²) in [5.74, 6) is 0.923. The molecule has 1 aliphatic rings. The SMILES string of the molecule is Cc1cc(N=C(N)C2CCCC2)ccc1F. The fourth-order valence-corrected chi connectivity index (χ4v) is 2.16. The van der Waals surface area contributed by atoms with Crippen molar-refractivity contribution >= 4 is 11.5 Å². The number of rotatable bonds is 2. The van der Waals surface area contributed by atoms with Gasteiger partial charge in [0.2, 0.25) is 0 Å². The van der Waals surface area contributed by atoms with E-state index in [4.69, 9.17) is 5.73 Å². The van der Waals surface area contributed by atoms with Crippen molar-refractivity contribution in [1.29, 1.82) is 0 Å². The first-order valence-corrected chi connectivity index (χ1v) is 5.77. The normalized spacial score (nSPS) is 18.0. The van der Waals surface area contributed by atoms with Crippen LogP contribution in [-0.4, -0.2) is 5.84 Å². The van der Waals surface area contributed by atoms with Gasteiger partial charge in [0.15, 0.2) is 0 Å². The van der Waals surface area contributed by atoms with E-state index in [1.54, 1.807) is 19.1 Å². The largest absolute Gasteiger partial charge is 0.387 e. The van der Waals surface area contributed by atoms with Gasteiger partial charge in [-0.2, -0.15) is 0 Å². The number of aryl methyl sites for hydroxylation is 1. The number of hydrogen-bond donors (Lipinski definition) is 1. The maximum Gasteiger partial charge on any atom is 0.126 e. The highest BCUT2D eigenvalue weighted by Gasteiger charge is 2.18. The molecule has 16 heavy (non-hydrogen) atoms. The molecule has 0 heterocycles. The van der Waals surface area contributed by atoms with Gasteiger partial charge < -0.3 is 5.73 Å². The van der Waals surface area contributed by atoms with Gasteiger partial charge in [-0.25, -0.2) is 9.38 Å². The fraction of sp³-hybridized carbons (Fsp3) is 0.462. The van der Waals surface area contributed by atoms with E-state index >= 15 is 0 Å². The van der Waals surface area contributed by atoms with Crippen molar-refractivity contribution in [2.24, 2.45) is 16.6 Å². The molecule has 0 unspecified atom stereocenters. The highest BCUT2D eigenvalue weighted by atomic mass is 19.1. The number of halogens is 1. The molecule has 0 radical (unpaired) electrons. The minimum absolute atomic E-state index is 0.196. The molecular weight excluding hydrogens is 203 g/mol. The molecule has 0 saturated heterocycles. The summed E-state index contributed by atoms with van der Waals surface area (Å²) in [6.07, 6.45) is 4.75. The summed E-state index contributed by atoms with van der Waals surface area (Å²) in [6.45, 7) is 1.74. The van der Waals surface area contributed by atoms with Gasteiger partial charge in [0.05, 0.1) is 5.69 Å². The first kappa shape index (κ1) is 11.1. The quantitative estimate of drug-likeness (QED) is 0.602. The highest BCUT2D eigenvalue weighted by molar-refractivity contribution is 5.85. The lowest BCUT2D eigenvalue weighted by Crippen LogP contribution is -2.20. The molecule has 0 aromatic heterocycles. The van der Waals surface area contributed by atoms with Crippen molar-refractivity contribution in [3.05, 3.63) is 29.6 Å². The van der Waals surface area contributed by atoms with E-state index in [-0.39, 0.29) is 5.82 Å². The smallest absolute Gasteiger partial charge is 0.126 e. The van der Waals surface area contributed by atoms with Gasteiger partial charge in [-0.1, -0.05) is 12.8 Å². The average Bonchev–Trinajstić information content (AvgIpc) is 2.77. The van der Waals surface area contributed by atoms with Crippen molar-refractivity contribution in [3.8, 4) is 0 Å². The Morgan fingerprint density at radius 2 is 2.06 bits per heavy atom. The van der Waals surface area contributed by atoms with Gasteiger partial charge >= 0.3 is 0 Å². The highest BCUT2D eigenvalue weighted by Crippen LogP contribution is 2.26. The van der Waals surface area contributed by atoms with E-state index in [9.17, 15) is 4.39 Å². The van der Waals surface area contributed by atoms with Crippen LogP contribution in [0.2, 0.25) is 0 Å². The molecule has 1 aromatic carbocycles. The van der Waals surface area contributed by atoms with E-state index in [1.807, 2.05) is 0 Å². The second kappa shape index (κ2) is 4.64. The van der Waals surface area contributed by atoms with Crippen LogP contribution >= 0.6 is 0 Å². The van der Waals surface area contributed by atoms with Crippen LogP contribution in [0.4, 0.5) is 10.1 Å². The molecule has 1 saturated carbocycles. The fourth-order valence-electron chi connectivity index (χ4n) is 2.16. The zero-order valence-electron chi connectivity index (χ0n) is 9.54. The van der Waals surface area contributed by atoms with Crippen LogP contribution in [0.25, 0.3) is 0 Å². The van der Waals surface area contributed by atoms with Gasteiger partial charge in [0, 0.05) is 5.92 Å². The summed E-state index contributed by atoms with van der Waals surface area (Å²) >= 11 is 0. The van der Waals surface area contributed by atoms with Gasteiger partial charge in [-0.05, 0) is 43.5 Å². The van der Waals surface area contributed by atoms with E-state index < -0.39 is 0 Å². The maximum atomic E-state index is 13.1. The van der Waals surface area contributed by atoms with Gasteiger partial charge in [-0.15, -0.1) is 0 Å². The van der Waals surface area contributed by atoms with E-state index in [1.165, 1.54) is 18.9 Å². The van der Waals surface area contributed by atoms with Crippen LogP contribution in [0.1, 0.15) is 31.2 Å². The van der Waals surface area contributed by atoms with E-state index in [0.717, 1.165) is 18.5 Å². The predicted molar refractivity (Wildman–Crippen MR) is 64.4 cm³/mol. The first-order chi connectivity index (χ1) is 7.66. The summed E-state index contributed by atoms with van der Waals surface area (Å²) in [4.78, 5) is 4.37. The number of nitrogens with two attached hydrogens (primary N) is 1. The minimum Gasteiger partial charge on any atom is -0.387 e. The van der Waals surface area contributed by atoms with Crippen LogP contribution in [0, 0.1) is 18.7 Å². The molecule has 1 fully saturated rings. The minimum atomic E-state index is -0.196. The first-order valence-electron chi connectivity index (χ1n) is 5.77. The Bertz CT molecular complexity index is 406. The second-order valence-electron chi connectivity index (χ2n) is 4.45. The standard InChI is InChI=1S/C13H17FN2/c1-9-8-11(6-7-12(9)14)16-13(15)10-4-2-3-5-10/h6-8,10H,2-5H2,1H3,(H2,15,16). The lowest BCUT2D eigenvalue weighted by atomic mass is 10.1. The molecule has 1 aromatic rings. The molecule has 2 nitrogen and oxygen atoms in total. The molecule has 86 valence electrons. The van der Waals surface area contributed by atoms with Crippen molar-refractivity contribution in [2.45, 2.75) is 32.6 Å². The summed E-state index contributed by atoms with van der Waals surface area (Å²) in [6, 6.07) is 4.84. The summed E-state index contributed by atoms with van der Waals surface area (Å²) in [5, 5.41) is 0. The molecule has 0 amide bonds. The van der Waals surface area contributed by atoms with Gasteiger partial charge in [0.25, 0.3) is 0 Å². The number of aliphatic imine (C=N–C) groups is 1. The van der Waals surface area contributed by atoms with Gasteiger partial charge in [-0.3, -0.25) is 0 Å². The molecule has 0 atom stereocenters. The Balaban J connectivity index is 2.17. The lowest BCUT2D eigenvalue weighted by Gasteiger charge is -2.08. The average molecular weight is 220 g/mol. The van der Waals surface area contributed by atoms with Crippen LogP contribution < -0.4 is 5.73 Å². The van der Waals surface area contributed by atoms with E-state index in [0.29, 0.717) is 17.3 Å². The Kier molecular flexibility index (Phi) is 3.22. The monoisotopic (exact) mass is 220 g/mol. The molecular formula is C13H17FN2. The molecule has 0 bridgehead atoms. The Morgan fingerprint density at radius 1 is 1.38 bits per heavy atom. The van der Waals surface area contributed by atoms with Crippen molar-refractivity contribution < 1.29 is 4.39 Å². The van der Waals surface area contributed by atoms with E-state index in [2.05, 4.69) is 4.99 Å². The van der Waals surface area contributed by atoms with Crippen LogP contribution in [0.3, 0.4) is 0 Å². The van der Waals surface area contributed by atoms with Crippen LogP contribution in [0.5, 0.6) is 0 Å². The molecule has 3 heteroatoms. The van der Waals surface area contributed by atoms with Crippen LogP contribution in [0.15, 0.2) is 23.2 Å². The molecule has 0 aliphatic heterocycles. The second-order valence-corrected chi connectivity index (χ2v) is 4.45. The van der Waals surface area contributed by atoms with Crippen LogP contribution in [-0.2, 0) is 0 Å². The maximum absolute atomic E-state index is 13.1. The third-order valence-corrected chi connectivity index (χ3v) is 3.17. The predicted octanol–water partition coefficient (Wildman–Crippen LogP) is 3.31. The number of benzene rings is 1. The zero-order valence-corrected chi connectivity index (χ0v) is 9.54. The summed E-state index contributed by atoms with van der Waals surface area (Å²) in [5.41, 5.74) is 7.32. The Morgan fingerprint density at radius 3 is 2.69 bits per heavy atom.